The largest absolute Gasteiger partial charge is 0.495 e. The van der Waals surface area contributed by atoms with Crippen LogP contribution >= 0.6 is 10.7 Å². The molecule has 2 rings (SSSR count). The Kier molecular flexibility index (Phi) is 5.11. The van der Waals surface area contributed by atoms with Gasteiger partial charge in [0.2, 0.25) is 5.91 Å². The standard InChI is InChI=1S/C14H18ClNO4S/c1-20-12-9-11(6-7-13(12)21(15,18)19)16-14(17)8-10-4-2-3-5-10/h6-7,9-10H,2-5,8H2,1H3,(H,16,17). The van der Waals surface area contributed by atoms with Gasteiger partial charge in [-0.1, -0.05) is 12.8 Å². The average Bonchev–Trinajstić information content (AvgIpc) is 2.89. The molecule has 1 aliphatic rings. The number of hydrogen-bond acceptors (Lipinski definition) is 4. The first-order valence-corrected chi connectivity index (χ1v) is 9.13. The number of methoxy groups -OCH3 is 1. The van der Waals surface area contributed by atoms with Crippen LogP contribution in [0.1, 0.15) is 32.1 Å². The van der Waals surface area contributed by atoms with E-state index in [-0.39, 0.29) is 16.6 Å². The van der Waals surface area contributed by atoms with E-state index < -0.39 is 9.05 Å². The number of rotatable bonds is 5. The summed E-state index contributed by atoms with van der Waals surface area (Å²) in [6, 6.07) is 4.29. The molecule has 21 heavy (non-hydrogen) atoms. The molecule has 0 aromatic heterocycles. The fourth-order valence-corrected chi connectivity index (χ4v) is 3.63. The van der Waals surface area contributed by atoms with Gasteiger partial charge in [0.15, 0.2) is 0 Å². The van der Waals surface area contributed by atoms with E-state index in [1.807, 2.05) is 0 Å². The Labute approximate surface area is 129 Å². The van der Waals surface area contributed by atoms with E-state index in [0.717, 1.165) is 12.8 Å². The summed E-state index contributed by atoms with van der Waals surface area (Å²) in [5.74, 6) is 0.503. The zero-order valence-corrected chi connectivity index (χ0v) is 13.3. The molecule has 1 aromatic carbocycles. The van der Waals surface area contributed by atoms with E-state index in [9.17, 15) is 13.2 Å². The molecule has 0 bridgehead atoms. The van der Waals surface area contributed by atoms with E-state index in [4.69, 9.17) is 15.4 Å². The molecule has 0 atom stereocenters. The second-order valence-electron chi connectivity index (χ2n) is 5.21. The van der Waals surface area contributed by atoms with Gasteiger partial charge in [0.25, 0.3) is 9.05 Å². The van der Waals surface area contributed by atoms with Crippen LogP contribution in [0.5, 0.6) is 5.75 Å². The molecule has 0 saturated heterocycles. The zero-order chi connectivity index (χ0) is 15.5. The maximum atomic E-state index is 12.0. The Balaban J connectivity index is 2.08. The van der Waals surface area contributed by atoms with Gasteiger partial charge in [-0.05, 0) is 30.9 Å². The summed E-state index contributed by atoms with van der Waals surface area (Å²) in [6.07, 6.45) is 5.07. The van der Waals surface area contributed by atoms with Crippen LogP contribution in [0.3, 0.4) is 0 Å². The van der Waals surface area contributed by atoms with Crippen LogP contribution in [0.15, 0.2) is 23.1 Å². The average molecular weight is 332 g/mol. The quantitative estimate of drug-likeness (QED) is 0.841. The molecule has 0 radical (unpaired) electrons. The van der Waals surface area contributed by atoms with Crippen molar-refractivity contribution in [2.45, 2.75) is 37.0 Å². The molecule has 5 nitrogen and oxygen atoms in total. The van der Waals surface area contributed by atoms with Gasteiger partial charge in [-0.2, -0.15) is 0 Å². The summed E-state index contributed by atoms with van der Waals surface area (Å²) in [5, 5.41) is 2.77. The molecule has 0 aliphatic heterocycles. The summed E-state index contributed by atoms with van der Waals surface area (Å²) in [5.41, 5.74) is 0.499. The topological polar surface area (TPSA) is 72.5 Å². The van der Waals surface area contributed by atoms with Crippen molar-refractivity contribution in [2.75, 3.05) is 12.4 Å². The fourth-order valence-electron chi connectivity index (χ4n) is 2.64. The monoisotopic (exact) mass is 331 g/mol. The van der Waals surface area contributed by atoms with Crippen molar-refractivity contribution in [1.29, 1.82) is 0 Å². The molecular weight excluding hydrogens is 314 g/mol. The predicted octanol–water partition coefficient (Wildman–Crippen LogP) is 3.14. The van der Waals surface area contributed by atoms with Gasteiger partial charge in [0.05, 0.1) is 7.11 Å². The van der Waals surface area contributed by atoms with Crippen molar-refractivity contribution >= 4 is 31.3 Å². The molecule has 0 spiro atoms. The zero-order valence-electron chi connectivity index (χ0n) is 11.8. The van der Waals surface area contributed by atoms with Gasteiger partial charge in [0.1, 0.15) is 10.6 Å². The van der Waals surface area contributed by atoms with E-state index in [1.54, 1.807) is 0 Å². The molecule has 1 saturated carbocycles. The van der Waals surface area contributed by atoms with E-state index in [1.165, 1.54) is 38.2 Å². The van der Waals surface area contributed by atoms with Gasteiger partial charge in [-0.25, -0.2) is 8.42 Å². The lowest BCUT2D eigenvalue weighted by Gasteiger charge is -2.11. The first kappa shape index (κ1) is 16.1. The number of ether oxygens (including phenoxy) is 1. The van der Waals surface area contributed by atoms with E-state index in [0.29, 0.717) is 18.0 Å². The third-order valence-electron chi connectivity index (χ3n) is 3.66. The molecule has 1 amide bonds. The summed E-state index contributed by atoms with van der Waals surface area (Å²) < 4.78 is 27.8. The minimum atomic E-state index is -3.87. The molecule has 7 heteroatoms. The van der Waals surface area contributed by atoms with E-state index in [2.05, 4.69) is 5.32 Å². The Morgan fingerprint density at radius 1 is 1.38 bits per heavy atom. The molecule has 1 aromatic rings. The molecular formula is C14H18ClNO4S. The number of carbonyl (C=O) groups excluding carboxylic acids is 1. The van der Waals surface area contributed by atoms with Gasteiger partial charge in [0, 0.05) is 28.9 Å². The number of carbonyl (C=O) groups is 1. The molecule has 0 heterocycles. The highest BCUT2D eigenvalue weighted by Gasteiger charge is 2.20. The van der Waals surface area contributed by atoms with Crippen LogP contribution in [0.4, 0.5) is 5.69 Å². The van der Waals surface area contributed by atoms with Crippen molar-refractivity contribution in [2.24, 2.45) is 5.92 Å². The third-order valence-corrected chi connectivity index (χ3v) is 5.02. The maximum Gasteiger partial charge on any atom is 0.264 e. The number of anilines is 1. The van der Waals surface area contributed by atoms with Crippen molar-refractivity contribution in [3.05, 3.63) is 18.2 Å². The summed E-state index contributed by atoms with van der Waals surface area (Å²) >= 11 is 0. The van der Waals surface area contributed by atoms with Crippen LogP contribution in [-0.4, -0.2) is 21.4 Å². The molecule has 1 aliphatic carbocycles. The first-order valence-electron chi connectivity index (χ1n) is 6.82. The van der Waals surface area contributed by atoms with Crippen molar-refractivity contribution in [3.8, 4) is 5.75 Å². The molecule has 1 N–H and O–H groups in total. The van der Waals surface area contributed by atoms with Crippen LogP contribution in [0, 0.1) is 5.92 Å². The third kappa shape index (κ3) is 4.35. The fraction of sp³-hybridized carbons (Fsp3) is 0.500. The van der Waals surface area contributed by atoms with Gasteiger partial charge < -0.3 is 10.1 Å². The number of halogens is 1. The van der Waals surface area contributed by atoms with Gasteiger partial charge >= 0.3 is 0 Å². The Morgan fingerprint density at radius 3 is 2.62 bits per heavy atom. The Hall–Kier alpha value is -1.27. The lowest BCUT2D eigenvalue weighted by molar-refractivity contribution is -0.117. The highest BCUT2D eigenvalue weighted by molar-refractivity contribution is 8.13. The molecule has 1 fully saturated rings. The minimum Gasteiger partial charge on any atom is -0.495 e. The summed E-state index contributed by atoms with van der Waals surface area (Å²) in [6.45, 7) is 0. The summed E-state index contributed by atoms with van der Waals surface area (Å²) in [4.78, 5) is 11.8. The Morgan fingerprint density at radius 2 is 2.05 bits per heavy atom. The lowest BCUT2D eigenvalue weighted by atomic mass is 10.0. The number of benzene rings is 1. The molecule has 0 unspecified atom stereocenters. The minimum absolute atomic E-state index is 0.0644. The second kappa shape index (κ2) is 6.66. The van der Waals surface area contributed by atoms with Crippen LogP contribution < -0.4 is 10.1 Å². The molecule has 116 valence electrons. The van der Waals surface area contributed by atoms with Crippen molar-refractivity contribution in [1.82, 2.24) is 0 Å². The van der Waals surface area contributed by atoms with Crippen LogP contribution in [-0.2, 0) is 13.8 Å². The maximum absolute atomic E-state index is 12.0. The van der Waals surface area contributed by atoms with Gasteiger partial charge in [-0.15, -0.1) is 0 Å². The number of amides is 1. The van der Waals surface area contributed by atoms with Crippen LogP contribution in [0.2, 0.25) is 0 Å². The lowest BCUT2D eigenvalue weighted by Crippen LogP contribution is -2.15. The van der Waals surface area contributed by atoms with Crippen molar-refractivity contribution in [3.63, 3.8) is 0 Å². The van der Waals surface area contributed by atoms with Crippen molar-refractivity contribution < 1.29 is 17.9 Å². The number of hydrogen-bond donors (Lipinski definition) is 1. The highest BCUT2D eigenvalue weighted by Crippen LogP contribution is 2.31. The summed E-state index contributed by atoms with van der Waals surface area (Å²) in [7, 11) is 2.80. The predicted molar refractivity (Wildman–Crippen MR) is 81.2 cm³/mol. The smallest absolute Gasteiger partial charge is 0.264 e. The first-order chi connectivity index (χ1) is 9.90. The SMILES string of the molecule is COc1cc(NC(=O)CC2CCCC2)ccc1S(=O)(=O)Cl. The van der Waals surface area contributed by atoms with Crippen LogP contribution in [0.25, 0.3) is 0 Å². The van der Waals surface area contributed by atoms with E-state index >= 15 is 0 Å². The number of nitrogens with one attached hydrogen (secondary N) is 1. The Bertz CT molecular complexity index is 624. The van der Waals surface area contributed by atoms with Gasteiger partial charge in [-0.3, -0.25) is 4.79 Å². The second-order valence-corrected chi connectivity index (χ2v) is 7.74. The highest BCUT2D eigenvalue weighted by atomic mass is 35.7. The normalized spacial score (nSPS) is 15.9.